The van der Waals surface area contributed by atoms with Crippen LogP contribution >= 0.6 is 36.2 Å². The molecule has 0 aliphatic heterocycles. The first-order valence-corrected chi connectivity index (χ1v) is 6.99. The topological polar surface area (TPSA) is 6.48 Å². The summed E-state index contributed by atoms with van der Waals surface area (Å²) in [5.74, 6) is 0. The molecule has 0 aliphatic carbocycles. The van der Waals surface area contributed by atoms with Crippen LogP contribution in [0.3, 0.4) is 0 Å². The maximum absolute atomic E-state index is 5.34. The van der Waals surface area contributed by atoms with Crippen LogP contribution in [-0.2, 0) is 0 Å². The van der Waals surface area contributed by atoms with Crippen molar-refractivity contribution in [3.63, 3.8) is 0 Å². The molecule has 0 aromatic heterocycles. The molecule has 0 radical (unpaired) electrons. The summed E-state index contributed by atoms with van der Waals surface area (Å²) in [5.41, 5.74) is 0. The fourth-order valence-corrected chi connectivity index (χ4v) is 3.24. The fraction of sp³-hybridized carbons (Fsp3) is 0.800. The van der Waals surface area contributed by atoms with E-state index in [4.69, 9.17) is 24.4 Å². The Hall–Kier alpha value is 1.13. The van der Waals surface area contributed by atoms with Gasteiger partial charge in [-0.3, -0.25) is 0 Å². The van der Waals surface area contributed by atoms with Crippen LogP contribution in [0.4, 0.5) is 0 Å². The largest absolute Gasteiger partial charge is 1.00 e. The molecule has 0 rings (SSSR count). The molecule has 0 saturated carbocycles. The molecule has 0 fully saturated rings. The first-order chi connectivity index (χ1) is 7.10. The van der Waals surface area contributed by atoms with E-state index in [-0.39, 0.29) is 31.0 Å². The molecule has 0 amide bonds. The van der Waals surface area contributed by atoms with Gasteiger partial charge in [-0.25, -0.2) is 0 Å². The molecule has 0 aromatic carbocycles. The van der Waals surface area contributed by atoms with Crippen LogP contribution in [0.2, 0.25) is 0 Å². The molecule has 0 saturated heterocycles. The molecule has 0 spiro atoms. The van der Waals surface area contributed by atoms with Gasteiger partial charge in [-0.2, -0.15) is 0 Å². The van der Waals surface area contributed by atoms with E-state index in [2.05, 4.69) is 37.5 Å². The molecule has 0 unspecified atom stereocenters. The third kappa shape index (κ3) is 6.77. The Labute approximate surface area is 138 Å². The number of rotatable bonds is 4. The Bertz CT molecular complexity index is 200. The molecule has 6 heteroatoms. The molecule has 0 aliphatic rings. The van der Waals surface area contributed by atoms with Gasteiger partial charge < -0.3 is 11.2 Å². The van der Waals surface area contributed by atoms with Gasteiger partial charge >= 0.3 is 29.6 Å². The molecule has 0 atom stereocenters. The third-order valence-corrected chi connectivity index (χ3v) is 4.10. The minimum atomic E-state index is 0. The quantitative estimate of drug-likeness (QED) is 0.533. The van der Waals surface area contributed by atoms with E-state index < -0.39 is 0 Å². The standard InChI is InChI=1S/C10H20N2S3.Na.H/c1-5-11(6-2)9(13)15-10(14)12(7-3)8-4;;/h5-8H2,1-4H3;;/q;+1;-1. The summed E-state index contributed by atoms with van der Waals surface area (Å²) in [6.07, 6.45) is 0. The van der Waals surface area contributed by atoms with Crippen LogP contribution in [0.5, 0.6) is 0 Å². The number of thioether (sulfide) groups is 1. The van der Waals surface area contributed by atoms with Gasteiger partial charge in [0.15, 0.2) is 0 Å². The van der Waals surface area contributed by atoms with Gasteiger partial charge in [-0.05, 0) is 39.5 Å². The van der Waals surface area contributed by atoms with E-state index in [0.717, 1.165) is 34.8 Å². The van der Waals surface area contributed by atoms with Crippen LogP contribution in [-0.4, -0.2) is 44.6 Å². The van der Waals surface area contributed by atoms with Crippen LogP contribution < -0.4 is 29.6 Å². The minimum Gasteiger partial charge on any atom is -1.00 e. The number of thiocarbonyl (C=S) groups is 2. The van der Waals surface area contributed by atoms with Crippen molar-refractivity contribution in [1.82, 2.24) is 9.80 Å². The van der Waals surface area contributed by atoms with E-state index in [0.29, 0.717) is 0 Å². The van der Waals surface area contributed by atoms with Gasteiger partial charge in [-0.15, -0.1) is 0 Å². The van der Waals surface area contributed by atoms with Crippen molar-refractivity contribution in [2.45, 2.75) is 27.7 Å². The van der Waals surface area contributed by atoms with E-state index >= 15 is 0 Å². The van der Waals surface area contributed by atoms with Gasteiger partial charge in [0.1, 0.15) is 8.64 Å². The van der Waals surface area contributed by atoms with Crippen LogP contribution in [0.25, 0.3) is 0 Å². The molecular weight excluding hydrogens is 267 g/mol. The van der Waals surface area contributed by atoms with Crippen molar-refractivity contribution >= 4 is 44.8 Å². The molecule has 0 N–H and O–H groups in total. The van der Waals surface area contributed by atoms with E-state index in [1.165, 1.54) is 11.8 Å². The van der Waals surface area contributed by atoms with Gasteiger partial charge in [0.25, 0.3) is 0 Å². The maximum Gasteiger partial charge on any atom is 1.00 e. The summed E-state index contributed by atoms with van der Waals surface area (Å²) in [6, 6.07) is 0. The van der Waals surface area contributed by atoms with Gasteiger partial charge in [0.05, 0.1) is 0 Å². The molecule has 2 nitrogen and oxygen atoms in total. The first-order valence-electron chi connectivity index (χ1n) is 5.36. The van der Waals surface area contributed by atoms with Crippen molar-refractivity contribution in [3.8, 4) is 0 Å². The summed E-state index contributed by atoms with van der Waals surface area (Å²) < 4.78 is 1.77. The van der Waals surface area contributed by atoms with Crippen molar-refractivity contribution in [2.24, 2.45) is 0 Å². The van der Waals surface area contributed by atoms with Gasteiger partial charge in [-0.1, -0.05) is 24.4 Å². The Morgan fingerprint density at radius 1 is 0.875 bits per heavy atom. The average molecular weight is 288 g/mol. The molecule has 90 valence electrons. The normalized spacial score (nSPS) is 9.25. The SMILES string of the molecule is CCN(CC)C(=S)SC(=S)N(CC)CC.[H-].[Na+]. The third-order valence-electron chi connectivity index (χ3n) is 2.22. The Balaban J connectivity index is -0.000000980. The molecule has 0 bridgehead atoms. The minimum absolute atomic E-state index is 0. The van der Waals surface area contributed by atoms with E-state index in [1.54, 1.807) is 0 Å². The van der Waals surface area contributed by atoms with Crippen molar-refractivity contribution < 1.29 is 31.0 Å². The maximum atomic E-state index is 5.34. The molecule has 0 aromatic rings. The summed E-state index contributed by atoms with van der Waals surface area (Å²) >= 11 is 12.2. The van der Waals surface area contributed by atoms with Crippen LogP contribution in [0.15, 0.2) is 0 Å². The number of nitrogens with zero attached hydrogens (tertiary/aromatic N) is 2. The van der Waals surface area contributed by atoms with Gasteiger partial charge in [0, 0.05) is 26.2 Å². The molecular formula is C10H21N2NaS3. The average Bonchev–Trinajstić information content (AvgIpc) is 2.21. The second-order valence-corrected chi connectivity index (χ2v) is 5.25. The Kier molecular flexibility index (Phi) is 13.7. The van der Waals surface area contributed by atoms with E-state index in [1.807, 2.05) is 0 Å². The number of hydrogen-bond donors (Lipinski definition) is 0. The molecule has 16 heavy (non-hydrogen) atoms. The van der Waals surface area contributed by atoms with Crippen LogP contribution in [0.1, 0.15) is 29.1 Å². The molecule has 0 heterocycles. The van der Waals surface area contributed by atoms with E-state index in [9.17, 15) is 0 Å². The predicted molar refractivity (Wildman–Crippen MR) is 79.7 cm³/mol. The second kappa shape index (κ2) is 11.2. The fourth-order valence-electron chi connectivity index (χ4n) is 1.17. The summed E-state index contributed by atoms with van der Waals surface area (Å²) in [6.45, 7) is 12.2. The zero-order chi connectivity index (χ0) is 11.8. The Morgan fingerprint density at radius 2 is 1.12 bits per heavy atom. The Morgan fingerprint density at radius 3 is 1.31 bits per heavy atom. The van der Waals surface area contributed by atoms with Gasteiger partial charge in [0.2, 0.25) is 0 Å². The summed E-state index contributed by atoms with van der Waals surface area (Å²) in [5, 5.41) is 0. The zero-order valence-electron chi connectivity index (χ0n) is 11.9. The smallest absolute Gasteiger partial charge is 1.00 e. The summed E-state index contributed by atoms with van der Waals surface area (Å²) in [4.78, 5) is 4.30. The first kappa shape index (κ1) is 19.5. The number of hydrogen-bond acceptors (Lipinski definition) is 3. The monoisotopic (exact) mass is 288 g/mol. The van der Waals surface area contributed by atoms with Crippen molar-refractivity contribution in [2.75, 3.05) is 26.2 Å². The zero-order valence-corrected chi connectivity index (χ0v) is 15.4. The van der Waals surface area contributed by atoms with Crippen molar-refractivity contribution in [1.29, 1.82) is 0 Å². The predicted octanol–water partition coefficient (Wildman–Crippen LogP) is 0.0895. The van der Waals surface area contributed by atoms with Crippen molar-refractivity contribution in [3.05, 3.63) is 0 Å². The summed E-state index contributed by atoms with van der Waals surface area (Å²) in [7, 11) is 0. The second-order valence-electron chi connectivity index (χ2n) is 2.98. The van der Waals surface area contributed by atoms with Crippen LogP contribution in [0, 0.1) is 0 Å².